The highest BCUT2D eigenvalue weighted by Gasteiger charge is 2.84. The molecule has 1 saturated carbocycles. The van der Waals surface area contributed by atoms with Crippen molar-refractivity contribution < 1.29 is 9.53 Å². The normalized spacial score (nSPS) is 31.6. The van der Waals surface area contributed by atoms with E-state index in [1.807, 2.05) is 48.5 Å². The Morgan fingerprint density at radius 2 is 1.64 bits per heavy atom. The molecule has 3 atom stereocenters. The van der Waals surface area contributed by atoms with Gasteiger partial charge < -0.3 is 4.74 Å². The van der Waals surface area contributed by atoms with Crippen molar-refractivity contribution in [3.8, 4) is 0 Å². The first-order valence-corrected chi connectivity index (χ1v) is 7.35. The second-order valence-corrected chi connectivity index (χ2v) is 5.83. The fourth-order valence-corrected chi connectivity index (χ4v) is 4.01. The maximum atomic E-state index is 12.4. The summed E-state index contributed by atoms with van der Waals surface area (Å²) in [6.07, 6.45) is 0. The van der Waals surface area contributed by atoms with Gasteiger partial charge >= 0.3 is 5.97 Å². The molecular weight excluding hydrogens is 276 g/mol. The second kappa shape index (κ2) is 4.50. The van der Waals surface area contributed by atoms with E-state index in [9.17, 15) is 4.79 Å². The number of carbonyl (C=O) groups excluding carboxylic acids is 1. The zero-order valence-electron chi connectivity index (χ0n) is 12.3. The number of hydrogen-bond acceptors (Lipinski definition) is 4. The van der Waals surface area contributed by atoms with Gasteiger partial charge in [-0.05, 0) is 11.1 Å². The van der Waals surface area contributed by atoms with E-state index in [1.54, 1.807) is 0 Å². The van der Waals surface area contributed by atoms with Gasteiger partial charge in [0, 0.05) is 0 Å². The first kappa shape index (κ1) is 13.2. The standard InChI is InChI=1S/C18H16N2O2/c1-22-16(21)15-17(13-8-4-2-5-9-13)12-19-20-18(15,17)14-10-6-3-7-11-14/h2-11,15H,12H2,1H3/t15-,17-,18-/m0/s1. The number of carbonyl (C=O) groups is 1. The average molecular weight is 292 g/mol. The van der Waals surface area contributed by atoms with Crippen molar-refractivity contribution in [2.75, 3.05) is 13.7 Å². The zero-order valence-corrected chi connectivity index (χ0v) is 12.3. The fraction of sp³-hybridized carbons (Fsp3) is 0.278. The monoisotopic (exact) mass is 292 g/mol. The quantitative estimate of drug-likeness (QED) is 0.816. The molecule has 1 aliphatic heterocycles. The van der Waals surface area contributed by atoms with Crippen LogP contribution in [-0.4, -0.2) is 19.6 Å². The molecule has 22 heavy (non-hydrogen) atoms. The van der Waals surface area contributed by atoms with Crippen molar-refractivity contribution in [3.05, 3.63) is 71.8 Å². The minimum Gasteiger partial charge on any atom is -0.469 e. The van der Waals surface area contributed by atoms with Crippen molar-refractivity contribution in [2.24, 2.45) is 16.1 Å². The number of ether oxygens (including phenoxy) is 1. The lowest BCUT2D eigenvalue weighted by atomic mass is 9.88. The Morgan fingerprint density at radius 1 is 1.05 bits per heavy atom. The van der Waals surface area contributed by atoms with Crippen molar-refractivity contribution >= 4 is 5.97 Å². The predicted octanol–water partition coefficient (Wildman–Crippen LogP) is 3.09. The van der Waals surface area contributed by atoms with Gasteiger partial charge in [-0.3, -0.25) is 4.79 Å². The molecular formula is C18H16N2O2. The number of hydrogen-bond donors (Lipinski definition) is 0. The highest BCUT2D eigenvalue weighted by molar-refractivity contribution is 5.85. The van der Waals surface area contributed by atoms with Crippen molar-refractivity contribution in [2.45, 2.75) is 11.0 Å². The van der Waals surface area contributed by atoms with Crippen LogP contribution in [-0.2, 0) is 20.5 Å². The van der Waals surface area contributed by atoms with Crippen LogP contribution in [0.5, 0.6) is 0 Å². The van der Waals surface area contributed by atoms with E-state index in [1.165, 1.54) is 7.11 Å². The highest BCUT2D eigenvalue weighted by Crippen LogP contribution is 2.74. The maximum absolute atomic E-state index is 12.4. The molecule has 2 aromatic carbocycles. The number of azo groups is 1. The molecule has 0 N–H and O–H groups in total. The number of fused-ring (bicyclic) bond motifs is 1. The summed E-state index contributed by atoms with van der Waals surface area (Å²) in [4.78, 5) is 12.4. The molecule has 0 unspecified atom stereocenters. The van der Waals surface area contributed by atoms with Gasteiger partial charge in [0.25, 0.3) is 0 Å². The van der Waals surface area contributed by atoms with E-state index in [2.05, 4.69) is 22.4 Å². The van der Waals surface area contributed by atoms with E-state index in [4.69, 9.17) is 4.74 Å². The lowest BCUT2D eigenvalue weighted by molar-refractivity contribution is -0.143. The lowest BCUT2D eigenvalue weighted by Gasteiger charge is -2.15. The van der Waals surface area contributed by atoms with Crippen molar-refractivity contribution in [3.63, 3.8) is 0 Å². The Balaban J connectivity index is 1.92. The first-order chi connectivity index (χ1) is 10.8. The predicted molar refractivity (Wildman–Crippen MR) is 81.5 cm³/mol. The van der Waals surface area contributed by atoms with Crippen LogP contribution in [0.25, 0.3) is 0 Å². The van der Waals surface area contributed by atoms with Crippen molar-refractivity contribution in [1.29, 1.82) is 0 Å². The highest BCUT2D eigenvalue weighted by atomic mass is 16.5. The van der Waals surface area contributed by atoms with Crippen LogP contribution < -0.4 is 0 Å². The summed E-state index contributed by atoms with van der Waals surface area (Å²) in [6, 6.07) is 20.0. The number of benzene rings is 2. The molecule has 1 heterocycles. The van der Waals surface area contributed by atoms with Crippen LogP contribution in [0.4, 0.5) is 0 Å². The molecule has 0 bridgehead atoms. The van der Waals surface area contributed by atoms with Gasteiger partial charge in [0.15, 0.2) is 0 Å². The minimum absolute atomic E-state index is 0.216. The molecule has 0 aromatic heterocycles. The Morgan fingerprint density at radius 3 is 2.23 bits per heavy atom. The van der Waals surface area contributed by atoms with E-state index in [0.717, 1.165) is 11.1 Å². The van der Waals surface area contributed by atoms with Gasteiger partial charge in [-0.2, -0.15) is 10.2 Å². The minimum atomic E-state index is -0.622. The van der Waals surface area contributed by atoms with Gasteiger partial charge in [-0.15, -0.1) is 0 Å². The molecule has 0 spiro atoms. The third kappa shape index (κ3) is 1.39. The smallest absolute Gasteiger partial charge is 0.312 e. The molecule has 4 nitrogen and oxygen atoms in total. The summed E-state index contributed by atoms with van der Waals surface area (Å²) >= 11 is 0. The topological polar surface area (TPSA) is 51.0 Å². The summed E-state index contributed by atoms with van der Waals surface area (Å²) in [5.41, 5.74) is 1.08. The van der Waals surface area contributed by atoms with E-state index in [0.29, 0.717) is 6.54 Å². The Hall–Kier alpha value is -2.49. The number of nitrogens with zero attached hydrogens (tertiary/aromatic N) is 2. The summed E-state index contributed by atoms with van der Waals surface area (Å²) in [5, 5.41) is 8.83. The molecule has 0 radical (unpaired) electrons. The third-order valence-electron chi connectivity index (χ3n) is 5.00. The summed E-state index contributed by atoms with van der Waals surface area (Å²) in [7, 11) is 1.44. The number of esters is 1. The lowest BCUT2D eigenvalue weighted by Crippen LogP contribution is -2.20. The van der Waals surface area contributed by atoms with Crippen LogP contribution in [0.2, 0.25) is 0 Å². The Bertz CT molecular complexity index is 744. The van der Waals surface area contributed by atoms with Gasteiger partial charge in [0.1, 0.15) is 11.5 Å². The van der Waals surface area contributed by atoms with Crippen LogP contribution in [0.3, 0.4) is 0 Å². The van der Waals surface area contributed by atoms with Crippen LogP contribution in [0.15, 0.2) is 70.9 Å². The van der Waals surface area contributed by atoms with Crippen LogP contribution in [0.1, 0.15) is 11.1 Å². The molecule has 1 fully saturated rings. The Kier molecular flexibility index (Phi) is 2.70. The summed E-state index contributed by atoms with van der Waals surface area (Å²) in [6.45, 7) is 0.520. The third-order valence-corrected chi connectivity index (χ3v) is 5.00. The van der Waals surface area contributed by atoms with Crippen molar-refractivity contribution in [1.82, 2.24) is 0 Å². The Labute approximate surface area is 128 Å². The molecule has 2 aliphatic rings. The van der Waals surface area contributed by atoms with Gasteiger partial charge in [-0.1, -0.05) is 60.7 Å². The van der Waals surface area contributed by atoms with Gasteiger partial charge in [0.05, 0.1) is 19.1 Å². The van der Waals surface area contributed by atoms with E-state index >= 15 is 0 Å². The molecule has 0 saturated heterocycles. The maximum Gasteiger partial charge on any atom is 0.312 e. The molecule has 110 valence electrons. The summed E-state index contributed by atoms with van der Waals surface area (Å²) < 4.78 is 5.06. The molecule has 4 rings (SSSR count). The SMILES string of the molecule is COC(=O)[C@H]1[C@@]2(c3ccccc3)CN=N[C@@]12c1ccccc1. The van der Waals surface area contributed by atoms with Gasteiger partial charge in [-0.25, -0.2) is 0 Å². The molecule has 4 heteroatoms. The largest absolute Gasteiger partial charge is 0.469 e. The first-order valence-electron chi connectivity index (χ1n) is 7.35. The van der Waals surface area contributed by atoms with E-state index in [-0.39, 0.29) is 11.9 Å². The van der Waals surface area contributed by atoms with E-state index < -0.39 is 11.0 Å². The molecule has 2 aromatic rings. The summed E-state index contributed by atoms with van der Waals surface area (Å²) in [5.74, 6) is -0.529. The number of rotatable bonds is 3. The second-order valence-electron chi connectivity index (χ2n) is 5.83. The number of methoxy groups -OCH3 is 1. The van der Waals surface area contributed by atoms with Crippen LogP contribution >= 0.6 is 0 Å². The molecule has 1 aliphatic carbocycles. The van der Waals surface area contributed by atoms with Gasteiger partial charge in [0.2, 0.25) is 0 Å². The van der Waals surface area contributed by atoms with Crippen LogP contribution in [0, 0.1) is 5.92 Å². The average Bonchev–Trinajstić information content (AvgIpc) is 3.00. The zero-order chi connectivity index (χ0) is 15.2. The molecule has 0 amide bonds. The fourth-order valence-electron chi connectivity index (χ4n) is 4.01.